The Bertz CT molecular complexity index is 1400. The van der Waals surface area contributed by atoms with Crippen LogP contribution in [0, 0.1) is 0 Å². The number of carbonyl (C=O) groups is 1. The number of aromatic nitrogens is 2. The molecule has 4 aromatic rings. The number of likely N-dealkylation sites (N-methyl/N-ethyl adjacent to an activating group) is 1. The van der Waals surface area contributed by atoms with E-state index in [1.165, 1.54) is 5.56 Å². The highest BCUT2D eigenvalue weighted by Gasteiger charge is 2.31. The number of aromatic amines is 1. The third-order valence-electron chi connectivity index (χ3n) is 7.59. The first-order valence-corrected chi connectivity index (χ1v) is 13.8. The van der Waals surface area contributed by atoms with Crippen molar-refractivity contribution in [1.29, 1.82) is 0 Å². The molecule has 38 heavy (non-hydrogen) atoms. The van der Waals surface area contributed by atoms with Gasteiger partial charge in [0.05, 0.1) is 17.3 Å². The van der Waals surface area contributed by atoms with Gasteiger partial charge in [0.1, 0.15) is 5.75 Å². The number of benzene rings is 3. The molecule has 0 spiro atoms. The minimum atomic E-state index is -0.0436. The number of hydrogen-bond acceptors (Lipinski definition) is 4. The lowest BCUT2D eigenvalue weighted by Crippen LogP contribution is -2.51. The number of H-pyrrole nitrogens is 1. The summed E-state index contributed by atoms with van der Waals surface area (Å²) in [6, 6.07) is 22.6. The van der Waals surface area contributed by atoms with Gasteiger partial charge in [-0.15, -0.1) is 0 Å². The maximum atomic E-state index is 13.6. The van der Waals surface area contributed by atoms with Gasteiger partial charge in [0.25, 0.3) is 5.91 Å². The number of piperidine rings is 1. The molecule has 1 aliphatic rings. The van der Waals surface area contributed by atoms with Gasteiger partial charge < -0.3 is 15.0 Å². The topological polar surface area (TPSA) is 70.2 Å². The summed E-state index contributed by atoms with van der Waals surface area (Å²) in [6.45, 7) is 11.3. The first-order valence-electron chi connectivity index (χ1n) is 13.8. The van der Waals surface area contributed by atoms with Crippen LogP contribution in [-0.4, -0.2) is 52.8 Å². The van der Waals surface area contributed by atoms with Crippen LogP contribution < -0.4 is 10.1 Å². The molecule has 1 aromatic heterocycles. The lowest BCUT2D eigenvalue weighted by Gasteiger charge is -2.38. The second kappa shape index (κ2) is 11.4. The number of amides is 1. The Morgan fingerprint density at radius 3 is 2.66 bits per heavy atom. The van der Waals surface area contributed by atoms with E-state index in [-0.39, 0.29) is 18.1 Å². The highest BCUT2D eigenvalue weighted by atomic mass is 16.5. The van der Waals surface area contributed by atoms with Crippen molar-refractivity contribution in [3.8, 4) is 17.0 Å². The lowest BCUT2D eigenvalue weighted by atomic mass is 9.85. The second-order valence-corrected chi connectivity index (χ2v) is 10.5. The smallest absolute Gasteiger partial charge is 0.251 e. The average Bonchev–Trinajstić information content (AvgIpc) is 3.36. The number of rotatable bonds is 8. The second-order valence-electron chi connectivity index (χ2n) is 10.5. The van der Waals surface area contributed by atoms with Crippen molar-refractivity contribution in [3.05, 3.63) is 83.4 Å². The third kappa shape index (κ3) is 5.46. The Morgan fingerprint density at radius 2 is 1.92 bits per heavy atom. The van der Waals surface area contributed by atoms with E-state index in [4.69, 9.17) is 4.74 Å². The molecular weight excluding hydrogens is 472 g/mol. The van der Waals surface area contributed by atoms with Crippen LogP contribution in [0.2, 0.25) is 0 Å². The number of aryl methyl sites for hydroxylation is 1. The Balaban J connectivity index is 1.42. The molecule has 3 aromatic carbocycles. The molecule has 0 bridgehead atoms. The molecule has 1 amide bonds. The summed E-state index contributed by atoms with van der Waals surface area (Å²) in [7, 11) is 0. The van der Waals surface area contributed by atoms with Crippen LogP contribution in [0.15, 0.2) is 66.7 Å². The van der Waals surface area contributed by atoms with Crippen LogP contribution in [0.4, 0.5) is 0 Å². The number of carbonyl (C=O) groups excluding carboxylic acids is 1. The number of nitrogens with zero attached hydrogens (tertiary/aromatic N) is 2. The number of nitrogens with one attached hydrogen (secondary N) is 2. The molecule has 2 N–H and O–H groups in total. The molecule has 1 saturated heterocycles. The largest absolute Gasteiger partial charge is 0.491 e. The van der Waals surface area contributed by atoms with Gasteiger partial charge in [0, 0.05) is 35.0 Å². The van der Waals surface area contributed by atoms with Crippen molar-refractivity contribution in [3.63, 3.8) is 0 Å². The summed E-state index contributed by atoms with van der Waals surface area (Å²) in [6.07, 6.45) is 2.02. The molecule has 6 heteroatoms. The predicted octanol–water partition coefficient (Wildman–Crippen LogP) is 6.19. The summed E-state index contributed by atoms with van der Waals surface area (Å²) in [4.78, 5) is 16.0. The van der Waals surface area contributed by atoms with Crippen LogP contribution in [-0.2, 0) is 6.42 Å². The summed E-state index contributed by atoms with van der Waals surface area (Å²) < 4.78 is 5.99. The highest BCUT2D eigenvalue weighted by Crippen LogP contribution is 2.32. The molecule has 2 heterocycles. The van der Waals surface area contributed by atoms with Gasteiger partial charge in [0.15, 0.2) is 0 Å². The SMILES string of the molecule is CCc1cc(-c2n[nH]c3ccc(C(=O)N[C@@H]4CN(CC)CC[C@H]4c4ccccc4)cc23)ccc1OC(C)C. The van der Waals surface area contributed by atoms with Crippen LogP contribution in [0.5, 0.6) is 5.75 Å². The molecule has 2 atom stereocenters. The van der Waals surface area contributed by atoms with Crippen LogP contribution in [0.3, 0.4) is 0 Å². The van der Waals surface area contributed by atoms with Crippen molar-refractivity contribution in [2.45, 2.75) is 58.6 Å². The van der Waals surface area contributed by atoms with Crippen molar-refractivity contribution in [2.75, 3.05) is 19.6 Å². The van der Waals surface area contributed by atoms with Crippen LogP contribution >= 0.6 is 0 Å². The zero-order valence-corrected chi connectivity index (χ0v) is 22.8. The van der Waals surface area contributed by atoms with E-state index in [1.54, 1.807) is 0 Å². The molecule has 0 radical (unpaired) electrons. The van der Waals surface area contributed by atoms with Gasteiger partial charge in [-0.2, -0.15) is 5.10 Å². The molecule has 198 valence electrons. The van der Waals surface area contributed by atoms with E-state index in [0.29, 0.717) is 11.5 Å². The molecule has 6 nitrogen and oxygen atoms in total. The van der Waals surface area contributed by atoms with Gasteiger partial charge in [-0.1, -0.05) is 44.2 Å². The zero-order valence-electron chi connectivity index (χ0n) is 22.8. The number of likely N-dealkylation sites (tertiary alicyclic amines) is 1. The summed E-state index contributed by atoms with van der Waals surface area (Å²) in [5.74, 6) is 1.17. The normalized spacial score (nSPS) is 18.1. The van der Waals surface area contributed by atoms with Crippen LogP contribution in [0.1, 0.15) is 61.5 Å². The maximum absolute atomic E-state index is 13.6. The quantitative estimate of drug-likeness (QED) is 0.297. The van der Waals surface area contributed by atoms with E-state index in [0.717, 1.165) is 65.9 Å². The molecule has 0 aliphatic carbocycles. The molecule has 1 fully saturated rings. The number of hydrogen-bond donors (Lipinski definition) is 2. The van der Waals surface area contributed by atoms with Crippen molar-refractivity contribution >= 4 is 16.8 Å². The van der Waals surface area contributed by atoms with Gasteiger partial charge in [-0.3, -0.25) is 9.89 Å². The van der Waals surface area contributed by atoms with E-state index in [9.17, 15) is 4.79 Å². The minimum Gasteiger partial charge on any atom is -0.491 e. The monoisotopic (exact) mass is 510 g/mol. The molecular formula is C32H38N4O2. The predicted molar refractivity (Wildman–Crippen MR) is 154 cm³/mol. The maximum Gasteiger partial charge on any atom is 0.251 e. The summed E-state index contributed by atoms with van der Waals surface area (Å²) >= 11 is 0. The van der Waals surface area contributed by atoms with E-state index in [1.807, 2.05) is 50.2 Å². The van der Waals surface area contributed by atoms with Gasteiger partial charge >= 0.3 is 0 Å². The summed E-state index contributed by atoms with van der Waals surface area (Å²) in [5, 5.41) is 12.1. The fraction of sp³-hybridized carbons (Fsp3) is 0.375. The van der Waals surface area contributed by atoms with Gasteiger partial charge in [0.2, 0.25) is 0 Å². The molecule has 1 aliphatic heterocycles. The van der Waals surface area contributed by atoms with Crippen molar-refractivity contribution in [1.82, 2.24) is 20.4 Å². The van der Waals surface area contributed by atoms with E-state index < -0.39 is 0 Å². The number of ether oxygens (including phenoxy) is 1. The molecule has 0 saturated carbocycles. The lowest BCUT2D eigenvalue weighted by molar-refractivity contribution is 0.0891. The number of fused-ring (bicyclic) bond motifs is 1. The standard InChI is InChI=1S/C32H38N4O2/c1-5-22-18-24(13-15-30(22)38-21(3)4)31-27-19-25(12-14-28(27)34-35-31)32(37)33-29-20-36(6-2)17-16-26(29)23-10-8-7-9-11-23/h7-15,18-19,21,26,29H,5-6,16-17,20H2,1-4H3,(H,33,37)(H,34,35)/t26-,29+/m0/s1. The van der Waals surface area contributed by atoms with Crippen LogP contribution in [0.25, 0.3) is 22.2 Å². The van der Waals surface area contributed by atoms with E-state index >= 15 is 0 Å². The van der Waals surface area contributed by atoms with Gasteiger partial charge in [-0.05, 0) is 87.3 Å². The Morgan fingerprint density at radius 1 is 1.11 bits per heavy atom. The summed E-state index contributed by atoms with van der Waals surface area (Å²) in [5.41, 5.74) is 5.85. The van der Waals surface area contributed by atoms with Gasteiger partial charge in [-0.25, -0.2) is 0 Å². The Labute approximate surface area is 225 Å². The molecule has 0 unspecified atom stereocenters. The Hall–Kier alpha value is -3.64. The van der Waals surface area contributed by atoms with E-state index in [2.05, 4.69) is 64.6 Å². The zero-order chi connectivity index (χ0) is 26.6. The van der Waals surface area contributed by atoms with Crippen molar-refractivity contribution < 1.29 is 9.53 Å². The average molecular weight is 511 g/mol. The highest BCUT2D eigenvalue weighted by molar-refractivity contribution is 6.01. The molecule has 5 rings (SSSR count). The fourth-order valence-electron chi connectivity index (χ4n) is 5.55. The third-order valence-corrected chi connectivity index (χ3v) is 7.59. The Kier molecular flexibility index (Phi) is 7.79. The first kappa shape index (κ1) is 26.0. The minimum absolute atomic E-state index is 0.0436. The first-order chi connectivity index (χ1) is 18.5. The van der Waals surface area contributed by atoms with Crippen molar-refractivity contribution in [2.24, 2.45) is 0 Å². The fourth-order valence-corrected chi connectivity index (χ4v) is 5.55.